The Morgan fingerprint density at radius 3 is 2.95 bits per heavy atom. The van der Waals surface area contributed by atoms with E-state index in [9.17, 15) is 4.79 Å². The van der Waals surface area contributed by atoms with Crippen molar-refractivity contribution in [1.29, 1.82) is 0 Å². The van der Waals surface area contributed by atoms with Crippen LogP contribution in [0.2, 0.25) is 5.02 Å². The molecule has 0 fully saturated rings. The molecular weight excluding hydrogens is 266 g/mol. The number of hydrogen-bond acceptors (Lipinski definition) is 3. The molecule has 1 amide bonds. The van der Waals surface area contributed by atoms with Gasteiger partial charge >= 0.3 is 0 Å². The molecule has 19 heavy (non-hydrogen) atoms. The number of benzene rings is 1. The van der Waals surface area contributed by atoms with Gasteiger partial charge in [-0.15, -0.1) is 0 Å². The van der Waals surface area contributed by atoms with E-state index in [1.54, 1.807) is 18.2 Å². The summed E-state index contributed by atoms with van der Waals surface area (Å²) in [6.45, 7) is 2.69. The second kappa shape index (κ2) is 6.29. The zero-order valence-corrected chi connectivity index (χ0v) is 11.2. The fourth-order valence-electron chi connectivity index (χ4n) is 1.49. The van der Waals surface area contributed by atoms with Crippen LogP contribution in [0.5, 0.6) is 5.75 Å². The smallest absolute Gasteiger partial charge is 0.287 e. The number of aryl methyl sites for hydroxylation is 1. The molecule has 4 nitrogen and oxygen atoms in total. The Bertz CT molecular complexity index is 552. The Hall–Kier alpha value is -1.94. The monoisotopic (exact) mass is 279 g/mol. The highest BCUT2D eigenvalue weighted by atomic mass is 35.5. The van der Waals surface area contributed by atoms with Crippen molar-refractivity contribution in [2.24, 2.45) is 0 Å². The minimum Gasteiger partial charge on any atom is -0.492 e. The Balaban J connectivity index is 1.75. The first-order valence-corrected chi connectivity index (χ1v) is 6.25. The van der Waals surface area contributed by atoms with Crippen molar-refractivity contribution >= 4 is 17.5 Å². The van der Waals surface area contributed by atoms with Gasteiger partial charge < -0.3 is 14.5 Å². The summed E-state index contributed by atoms with van der Waals surface area (Å²) in [5, 5.41) is 3.35. The summed E-state index contributed by atoms with van der Waals surface area (Å²) < 4.78 is 10.4. The van der Waals surface area contributed by atoms with Crippen LogP contribution in [0, 0.1) is 6.92 Å². The van der Waals surface area contributed by atoms with E-state index in [0.29, 0.717) is 29.7 Å². The van der Waals surface area contributed by atoms with Gasteiger partial charge in [0.25, 0.3) is 5.91 Å². The molecule has 100 valence electrons. The van der Waals surface area contributed by atoms with Gasteiger partial charge in [-0.05, 0) is 36.8 Å². The summed E-state index contributed by atoms with van der Waals surface area (Å²) >= 11 is 5.98. The fraction of sp³-hybridized carbons (Fsp3) is 0.214. The first kappa shape index (κ1) is 13.5. The molecule has 0 aliphatic rings. The van der Waals surface area contributed by atoms with Gasteiger partial charge in [-0.25, -0.2) is 0 Å². The molecule has 0 bridgehead atoms. The molecule has 0 radical (unpaired) electrons. The van der Waals surface area contributed by atoms with Gasteiger partial charge in [-0.1, -0.05) is 17.7 Å². The average Bonchev–Trinajstić information content (AvgIpc) is 2.92. The molecule has 0 unspecified atom stereocenters. The maximum atomic E-state index is 11.5. The molecule has 1 aromatic heterocycles. The summed E-state index contributed by atoms with van der Waals surface area (Å²) in [5.41, 5.74) is 1.00. The van der Waals surface area contributed by atoms with Crippen LogP contribution in [0.25, 0.3) is 0 Å². The van der Waals surface area contributed by atoms with Crippen molar-refractivity contribution in [1.82, 2.24) is 5.32 Å². The van der Waals surface area contributed by atoms with Gasteiger partial charge in [-0.2, -0.15) is 0 Å². The van der Waals surface area contributed by atoms with E-state index in [1.807, 2.05) is 19.1 Å². The van der Waals surface area contributed by atoms with Crippen LogP contribution in [-0.2, 0) is 0 Å². The molecule has 5 heteroatoms. The molecule has 2 aromatic rings. The Morgan fingerprint density at radius 2 is 2.26 bits per heavy atom. The second-order valence-corrected chi connectivity index (χ2v) is 4.40. The van der Waals surface area contributed by atoms with E-state index in [1.165, 1.54) is 6.26 Å². The van der Waals surface area contributed by atoms with Crippen LogP contribution in [-0.4, -0.2) is 19.1 Å². The Kier molecular flexibility index (Phi) is 4.47. The highest BCUT2D eigenvalue weighted by Gasteiger charge is 2.06. The van der Waals surface area contributed by atoms with Crippen LogP contribution >= 0.6 is 11.6 Å². The number of nitrogens with one attached hydrogen (secondary N) is 1. The lowest BCUT2D eigenvalue weighted by Crippen LogP contribution is -2.27. The lowest BCUT2D eigenvalue weighted by molar-refractivity contribution is 0.0919. The normalized spacial score (nSPS) is 10.2. The van der Waals surface area contributed by atoms with Gasteiger partial charge in [0.15, 0.2) is 5.76 Å². The third-order valence-electron chi connectivity index (χ3n) is 2.54. The highest BCUT2D eigenvalue weighted by molar-refractivity contribution is 6.31. The molecular formula is C14H14ClNO3. The number of carbonyl (C=O) groups excluding carboxylic acids is 1. The summed E-state index contributed by atoms with van der Waals surface area (Å²) in [5.74, 6) is 0.719. The molecule has 0 saturated heterocycles. The van der Waals surface area contributed by atoms with E-state index in [4.69, 9.17) is 20.8 Å². The van der Waals surface area contributed by atoms with E-state index in [-0.39, 0.29) is 5.91 Å². The second-order valence-electron chi connectivity index (χ2n) is 3.99. The van der Waals surface area contributed by atoms with Crippen molar-refractivity contribution in [2.75, 3.05) is 13.2 Å². The van der Waals surface area contributed by atoms with E-state index in [0.717, 1.165) is 5.56 Å². The molecule has 0 atom stereocenters. The quantitative estimate of drug-likeness (QED) is 0.856. The van der Waals surface area contributed by atoms with E-state index >= 15 is 0 Å². The SMILES string of the molecule is Cc1ccc(OCCNC(=O)c2ccco2)cc1Cl. The van der Waals surface area contributed by atoms with Gasteiger partial charge in [-0.3, -0.25) is 4.79 Å². The van der Waals surface area contributed by atoms with Crippen LogP contribution in [0.1, 0.15) is 16.1 Å². The van der Waals surface area contributed by atoms with Crippen LogP contribution < -0.4 is 10.1 Å². The molecule has 1 aromatic carbocycles. The van der Waals surface area contributed by atoms with E-state index < -0.39 is 0 Å². The molecule has 0 aliphatic heterocycles. The van der Waals surface area contributed by atoms with Gasteiger partial charge in [0, 0.05) is 5.02 Å². The minimum atomic E-state index is -0.254. The van der Waals surface area contributed by atoms with Crippen molar-refractivity contribution in [3.05, 3.63) is 52.9 Å². The first-order chi connectivity index (χ1) is 9.16. The molecule has 0 aliphatic carbocycles. The minimum absolute atomic E-state index is 0.254. The summed E-state index contributed by atoms with van der Waals surface area (Å²) in [6, 6.07) is 8.76. The number of amides is 1. The number of halogens is 1. The predicted octanol–water partition coefficient (Wildman–Crippen LogP) is 3.05. The average molecular weight is 280 g/mol. The van der Waals surface area contributed by atoms with Crippen LogP contribution in [0.3, 0.4) is 0 Å². The van der Waals surface area contributed by atoms with E-state index in [2.05, 4.69) is 5.32 Å². The van der Waals surface area contributed by atoms with Crippen LogP contribution in [0.15, 0.2) is 41.0 Å². The third-order valence-corrected chi connectivity index (χ3v) is 2.95. The Labute approximate surface area is 116 Å². The highest BCUT2D eigenvalue weighted by Crippen LogP contribution is 2.21. The maximum Gasteiger partial charge on any atom is 0.287 e. The molecule has 0 spiro atoms. The zero-order chi connectivity index (χ0) is 13.7. The maximum absolute atomic E-state index is 11.5. The van der Waals surface area contributed by atoms with Crippen molar-refractivity contribution in [2.45, 2.75) is 6.92 Å². The summed E-state index contributed by atoms with van der Waals surface area (Å²) in [7, 11) is 0. The standard InChI is InChI=1S/C14H14ClNO3/c1-10-4-5-11(9-12(10)15)18-8-6-16-14(17)13-3-2-7-19-13/h2-5,7,9H,6,8H2,1H3,(H,16,17). The zero-order valence-electron chi connectivity index (χ0n) is 10.5. The van der Waals surface area contributed by atoms with Gasteiger partial charge in [0.2, 0.25) is 0 Å². The fourth-order valence-corrected chi connectivity index (χ4v) is 1.66. The topological polar surface area (TPSA) is 51.5 Å². The summed E-state index contributed by atoms with van der Waals surface area (Å²) in [6.07, 6.45) is 1.46. The molecule has 0 saturated carbocycles. The largest absolute Gasteiger partial charge is 0.492 e. The first-order valence-electron chi connectivity index (χ1n) is 5.87. The van der Waals surface area contributed by atoms with Gasteiger partial charge in [0.05, 0.1) is 12.8 Å². The third kappa shape index (κ3) is 3.76. The molecule has 1 heterocycles. The van der Waals surface area contributed by atoms with Gasteiger partial charge in [0.1, 0.15) is 12.4 Å². The van der Waals surface area contributed by atoms with Crippen LogP contribution in [0.4, 0.5) is 0 Å². The number of carbonyl (C=O) groups is 1. The van der Waals surface area contributed by atoms with Crippen molar-refractivity contribution in [3.63, 3.8) is 0 Å². The molecule has 1 N–H and O–H groups in total. The summed E-state index contributed by atoms with van der Waals surface area (Å²) in [4.78, 5) is 11.5. The number of rotatable bonds is 5. The number of furan rings is 1. The van der Waals surface area contributed by atoms with Crippen molar-refractivity contribution in [3.8, 4) is 5.75 Å². The lowest BCUT2D eigenvalue weighted by Gasteiger charge is -2.08. The lowest BCUT2D eigenvalue weighted by atomic mass is 10.2. The predicted molar refractivity (Wildman–Crippen MR) is 72.7 cm³/mol. The molecule has 2 rings (SSSR count). The van der Waals surface area contributed by atoms with Crippen molar-refractivity contribution < 1.29 is 13.9 Å². The number of ether oxygens (including phenoxy) is 1. The number of hydrogen-bond donors (Lipinski definition) is 1. The Morgan fingerprint density at radius 1 is 1.42 bits per heavy atom.